The summed E-state index contributed by atoms with van der Waals surface area (Å²) in [5.74, 6) is 1.73. The van der Waals surface area contributed by atoms with Gasteiger partial charge in [0.2, 0.25) is 11.8 Å². The first-order valence-electron chi connectivity index (χ1n) is 11.0. The molecule has 0 N–H and O–H groups in total. The van der Waals surface area contributed by atoms with E-state index in [9.17, 15) is 9.59 Å². The Morgan fingerprint density at radius 2 is 2.00 bits per heavy atom. The Morgan fingerprint density at radius 1 is 1.19 bits per heavy atom. The summed E-state index contributed by atoms with van der Waals surface area (Å²) >= 11 is 0. The topological polar surface area (TPSA) is 75.6 Å². The van der Waals surface area contributed by atoms with Crippen LogP contribution in [0.25, 0.3) is 0 Å². The summed E-state index contributed by atoms with van der Waals surface area (Å²) < 4.78 is 4.98. The molecule has 1 aromatic heterocycles. The maximum absolute atomic E-state index is 12.8. The largest absolute Gasteiger partial charge is 0.375 e. The van der Waals surface area contributed by atoms with E-state index in [0.717, 1.165) is 42.2 Å². The van der Waals surface area contributed by atoms with E-state index in [1.807, 2.05) is 34.9 Å². The number of ether oxygens (including phenoxy) is 1. The molecule has 0 aliphatic carbocycles. The fourth-order valence-corrected chi connectivity index (χ4v) is 4.51. The molecule has 2 aliphatic rings. The average Bonchev–Trinajstić information content (AvgIpc) is 3.27. The molecule has 0 bridgehead atoms. The van der Waals surface area contributed by atoms with Crippen LogP contribution in [0.15, 0.2) is 30.3 Å². The Morgan fingerprint density at radius 3 is 2.77 bits per heavy atom. The molecule has 7 heteroatoms. The van der Waals surface area contributed by atoms with Gasteiger partial charge in [0.25, 0.3) is 0 Å². The SMILES string of the molecule is COCC(=O)N1CC[C@H](c2nc(C)c3c(n2)N(CCCc2ccccc2)C(=O)CC3)C1. The van der Waals surface area contributed by atoms with Gasteiger partial charge in [0.1, 0.15) is 18.2 Å². The van der Waals surface area contributed by atoms with Crippen LogP contribution in [0.5, 0.6) is 0 Å². The fraction of sp³-hybridized carbons (Fsp3) is 0.500. The van der Waals surface area contributed by atoms with Gasteiger partial charge in [-0.15, -0.1) is 0 Å². The summed E-state index contributed by atoms with van der Waals surface area (Å²) in [4.78, 5) is 38.2. The Balaban J connectivity index is 1.51. The van der Waals surface area contributed by atoms with Crippen molar-refractivity contribution in [2.24, 2.45) is 0 Å². The molecule has 2 aromatic rings. The van der Waals surface area contributed by atoms with E-state index in [1.54, 1.807) is 0 Å². The van der Waals surface area contributed by atoms with Crippen LogP contribution in [0.1, 0.15) is 47.8 Å². The lowest BCUT2D eigenvalue weighted by atomic mass is 10.0. The third kappa shape index (κ3) is 4.77. The zero-order valence-electron chi connectivity index (χ0n) is 18.3. The molecule has 4 rings (SSSR count). The van der Waals surface area contributed by atoms with Crippen LogP contribution in [0.2, 0.25) is 0 Å². The normalized spacial score (nSPS) is 18.4. The molecule has 0 saturated carbocycles. The van der Waals surface area contributed by atoms with E-state index in [4.69, 9.17) is 14.7 Å². The zero-order chi connectivity index (χ0) is 21.8. The van der Waals surface area contributed by atoms with E-state index in [-0.39, 0.29) is 24.3 Å². The lowest BCUT2D eigenvalue weighted by molar-refractivity contribution is -0.134. The molecule has 0 unspecified atom stereocenters. The first-order chi connectivity index (χ1) is 15.1. The minimum atomic E-state index is -0.00241. The molecular formula is C24H30N4O3. The number of hydrogen-bond donors (Lipinski definition) is 0. The summed E-state index contributed by atoms with van der Waals surface area (Å²) in [7, 11) is 1.53. The number of benzene rings is 1. The van der Waals surface area contributed by atoms with Gasteiger partial charge in [0, 0.05) is 50.3 Å². The molecule has 1 aromatic carbocycles. The predicted molar refractivity (Wildman–Crippen MR) is 118 cm³/mol. The summed E-state index contributed by atoms with van der Waals surface area (Å²) in [5, 5.41) is 0. The number of nitrogens with zero attached hydrogens (tertiary/aromatic N) is 4. The minimum Gasteiger partial charge on any atom is -0.375 e. The van der Waals surface area contributed by atoms with Gasteiger partial charge in [-0.05, 0) is 38.2 Å². The number of methoxy groups -OCH3 is 1. The second kappa shape index (κ2) is 9.56. The van der Waals surface area contributed by atoms with Crippen LogP contribution in [0.4, 0.5) is 5.82 Å². The highest BCUT2D eigenvalue weighted by Crippen LogP contribution is 2.32. The zero-order valence-corrected chi connectivity index (χ0v) is 18.3. The molecular weight excluding hydrogens is 392 g/mol. The smallest absolute Gasteiger partial charge is 0.248 e. The number of aromatic nitrogens is 2. The quantitative estimate of drug-likeness (QED) is 0.686. The van der Waals surface area contributed by atoms with Gasteiger partial charge in [-0.2, -0.15) is 0 Å². The van der Waals surface area contributed by atoms with Crippen LogP contribution in [0.3, 0.4) is 0 Å². The Kier molecular flexibility index (Phi) is 6.61. The van der Waals surface area contributed by atoms with E-state index >= 15 is 0 Å². The van der Waals surface area contributed by atoms with Crippen molar-refractivity contribution in [2.45, 2.75) is 44.9 Å². The molecule has 0 spiro atoms. The van der Waals surface area contributed by atoms with Crippen LogP contribution in [-0.4, -0.2) is 60.0 Å². The summed E-state index contributed by atoms with van der Waals surface area (Å²) in [6.45, 7) is 4.04. The maximum atomic E-state index is 12.8. The second-order valence-electron chi connectivity index (χ2n) is 8.36. The number of hydrogen-bond acceptors (Lipinski definition) is 5. The van der Waals surface area contributed by atoms with Crippen molar-refractivity contribution in [1.82, 2.24) is 14.9 Å². The first-order valence-corrected chi connectivity index (χ1v) is 11.0. The summed E-state index contributed by atoms with van der Waals surface area (Å²) in [6, 6.07) is 10.3. The van der Waals surface area contributed by atoms with Crippen molar-refractivity contribution in [3.63, 3.8) is 0 Å². The number of rotatable bonds is 7. The predicted octanol–water partition coefficient (Wildman–Crippen LogP) is 2.66. The van der Waals surface area contributed by atoms with Gasteiger partial charge in [0.05, 0.1) is 0 Å². The molecule has 1 saturated heterocycles. The van der Waals surface area contributed by atoms with Gasteiger partial charge in [-0.1, -0.05) is 30.3 Å². The number of carbonyl (C=O) groups is 2. The van der Waals surface area contributed by atoms with Crippen LogP contribution in [0, 0.1) is 6.92 Å². The summed E-state index contributed by atoms with van der Waals surface area (Å²) in [6.07, 6.45) is 3.84. The van der Waals surface area contributed by atoms with E-state index in [1.165, 1.54) is 12.7 Å². The maximum Gasteiger partial charge on any atom is 0.248 e. The first kappa shape index (κ1) is 21.4. The average molecular weight is 423 g/mol. The number of fused-ring (bicyclic) bond motifs is 1. The summed E-state index contributed by atoms with van der Waals surface area (Å²) in [5.41, 5.74) is 3.30. The van der Waals surface area contributed by atoms with Crippen molar-refractivity contribution in [3.8, 4) is 0 Å². The van der Waals surface area contributed by atoms with E-state index < -0.39 is 0 Å². The van der Waals surface area contributed by atoms with Crippen molar-refractivity contribution < 1.29 is 14.3 Å². The molecule has 7 nitrogen and oxygen atoms in total. The molecule has 31 heavy (non-hydrogen) atoms. The molecule has 2 aliphatic heterocycles. The highest BCUT2D eigenvalue weighted by atomic mass is 16.5. The second-order valence-corrected chi connectivity index (χ2v) is 8.36. The number of likely N-dealkylation sites (tertiary alicyclic amines) is 1. The van der Waals surface area contributed by atoms with Gasteiger partial charge in [-0.25, -0.2) is 9.97 Å². The van der Waals surface area contributed by atoms with Crippen LogP contribution >= 0.6 is 0 Å². The van der Waals surface area contributed by atoms with Gasteiger partial charge >= 0.3 is 0 Å². The van der Waals surface area contributed by atoms with Crippen molar-refractivity contribution in [3.05, 3.63) is 53.0 Å². The van der Waals surface area contributed by atoms with Gasteiger partial charge in [-0.3, -0.25) is 14.5 Å². The number of anilines is 1. The molecule has 1 atom stereocenters. The molecule has 0 radical (unpaired) electrons. The number of aryl methyl sites for hydroxylation is 2. The lowest BCUT2D eigenvalue weighted by Gasteiger charge is -2.30. The van der Waals surface area contributed by atoms with Crippen molar-refractivity contribution in [2.75, 3.05) is 38.3 Å². The molecule has 2 amide bonds. The number of amides is 2. The van der Waals surface area contributed by atoms with Gasteiger partial charge < -0.3 is 9.64 Å². The Bertz CT molecular complexity index is 947. The van der Waals surface area contributed by atoms with E-state index in [2.05, 4.69) is 12.1 Å². The minimum absolute atomic E-state index is 0.00241. The van der Waals surface area contributed by atoms with Gasteiger partial charge in [0.15, 0.2) is 0 Å². The van der Waals surface area contributed by atoms with Crippen LogP contribution in [-0.2, 0) is 27.2 Å². The van der Waals surface area contributed by atoms with E-state index in [0.29, 0.717) is 32.5 Å². The highest BCUT2D eigenvalue weighted by Gasteiger charge is 2.32. The highest BCUT2D eigenvalue weighted by molar-refractivity contribution is 5.95. The Hall–Kier alpha value is -2.80. The third-order valence-electron chi connectivity index (χ3n) is 6.22. The standard InChI is InChI=1S/C24H30N4O3/c1-17-20-10-11-21(29)28(13-6-9-18-7-4-3-5-8-18)24(20)26-23(25-17)19-12-14-27(15-19)22(30)16-31-2/h3-5,7-8,19H,6,9-16H2,1-2H3/t19-/m0/s1. The molecule has 3 heterocycles. The third-order valence-corrected chi connectivity index (χ3v) is 6.22. The number of carbonyl (C=O) groups excluding carboxylic acids is 2. The monoisotopic (exact) mass is 422 g/mol. The molecule has 164 valence electrons. The van der Waals surface area contributed by atoms with Crippen LogP contribution < -0.4 is 4.90 Å². The Labute approximate surface area is 183 Å². The van der Waals surface area contributed by atoms with Crippen molar-refractivity contribution >= 4 is 17.6 Å². The molecule has 1 fully saturated rings. The lowest BCUT2D eigenvalue weighted by Crippen LogP contribution is -2.38. The fourth-order valence-electron chi connectivity index (χ4n) is 4.51. The van der Waals surface area contributed by atoms with Crippen molar-refractivity contribution in [1.29, 1.82) is 0 Å².